The largest absolute Gasteiger partial charge is 0.456 e. The molecule has 0 bridgehead atoms. The van der Waals surface area contributed by atoms with Crippen molar-refractivity contribution in [1.82, 2.24) is 28.7 Å². The van der Waals surface area contributed by atoms with Gasteiger partial charge in [-0.25, -0.2) is 4.98 Å². The number of fused-ring (bicyclic) bond motifs is 17. The Hall–Kier alpha value is -11.4. The predicted octanol–water partition coefficient (Wildman–Crippen LogP) is 21.5. The maximum atomic E-state index is 6.63. The molecular weight excluding hydrogens is 1090 g/mol. The lowest BCUT2D eigenvalue weighted by Crippen LogP contribution is -2.09. The van der Waals surface area contributed by atoms with E-state index in [1.807, 2.05) is 12.1 Å². The van der Waals surface area contributed by atoms with E-state index >= 15 is 0 Å². The van der Waals surface area contributed by atoms with Crippen molar-refractivity contribution in [3.63, 3.8) is 0 Å². The Morgan fingerprint density at radius 1 is 0.292 bits per heavy atom. The molecule has 0 unspecified atom stereocenters. The Morgan fingerprint density at radius 2 is 0.674 bits per heavy atom. The molecular formula is C81H56N6O2. The summed E-state index contributed by atoms with van der Waals surface area (Å²) < 4.78 is 20.3. The molecule has 0 atom stereocenters. The van der Waals surface area contributed by atoms with Crippen LogP contribution in [0.25, 0.3) is 172 Å². The van der Waals surface area contributed by atoms with E-state index in [-0.39, 0.29) is 0 Å². The zero-order valence-corrected chi connectivity index (χ0v) is 49.9. The van der Waals surface area contributed by atoms with Crippen molar-refractivity contribution >= 4 is 109 Å². The molecule has 0 aliphatic heterocycles. The van der Waals surface area contributed by atoms with Crippen LogP contribution in [0, 0.1) is 41.5 Å². The fourth-order valence-electron chi connectivity index (χ4n) is 15.3. The maximum absolute atomic E-state index is 6.63. The molecule has 0 aliphatic rings. The van der Waals surface area contributed by atoms with Gasteiger partial charge in [0.05, 0.1) is 55.2 Å². The molecule has 0 aliphatic carbocycles. The van der Waals surface area contributed by atoms with Crippen molar-refractivity contribution in [3.05, 3.63) is 264 Å². The van der Waals surface area contributed by atoms with E-state index in [4.69, 9.17) is 23.8 Å². The van der Waals surface area contributed by atoms with Crippen LogP contribution in [0.5, 0.6) is 0 Å². The third-order valence-electron chi connectivity index (χ3n) is 18.6. The predicted molar refractivity (Wildman–Crippen MR) is 368 cm³/mol. The zero-order chi connectivity index (χ0) is 59.5. The SMILES string of the molecule is Cc1cc(C)c(-c2ccc3c(c2)c2cc(-c4c(C)cc(C)cc4C)ccc2n3-c2nc(-c3ccccc3-n3c4ccccc4c4ccc5oc6ccccc6c5c43)nc(-c3ccccc3-n3c4ccccc4c4ccc5oc6ccccc6c5c43)n2)c(C)c1. The van der Waals surface area contributed by atoms with Crippen LogP contribution in [-0.2, 0) is 0 Å². The molecule has 8 nitrogen and oxygen atoms in total. The number of hydrogen-bond acceptors (Lipinski definition) is 5. The Balaban J connectivity index is 0.958. The molecule has 89 heavy (non-hydrogen) atoms. The molecule has 18 aromatic rings. The first-order valence-corrected chi connectivity index (χ1v) is 30.5. The molecule has 6 aromatic heterocycles. The number of aryl methyl sites for hydroxylation is 6. The van der Waals surface area contributed by atoms with Gasteiger partial charge in [0.15, 0.2) is 11.6 Å². The van der Waals surface area contributed by atoms with E-state index in [1.54, 1.807) is 0 Å². The lowest BCUT2D eigenvalue weighted by molar-refractivity contribution is 0.669. The molecule has 0 saturated carbocycles. The van der Waals surface area contributed by atoms with Crippen LogP contribution < -0.4 is 0 Å². The minimum atomic E-state index is 0.497. The number of benzene rings is 12. The van der Waals surface area contributed by atoms with Crippen LogP contribution in [0.15, 0.2) is 239 Å². The Kier molecular flexibility index (Phi) is 10.9. The van der Waals surface area contributed by atoms with Gasteiger partial charge in [0.2, 0.25) is 5.95 Å². The standard InChI is InChI=1S/C81H56N6O2/c1-45-39-47(3)73(48(4)40-45)51-31-35-67-61(43-51)62-44-52(74-49(5)41-46(2)42-50(74)6)32-36-68(62)87(67)81-83-79(57-21-9-15-27-65(57)85-63-25-13-7-19-53(63)55-33-37-71-75(77(55)85)59-23-11-17-29-69(59)88-71)82-80(84-81)58-22-10-16-28-66(58)86-64-26-14-8-20-54(64)56-34-38-72-76(78(56)86)60-24-12-18-30-70(60)89-72/h7-44H,1-6H3. The summed E-state index contributed by atoms with van der Waals surface area (Å²) in [6, 6.07) is 82.9. The van der Waals surface area contributed by atoms with Crippen LogP contribution in [0.2, 0.25) is 0 Å². The number of hydrogen-bond donors (Lipinski definition) is 0. The van der Waals surface area contributed by atoms with Crippen LogP contribution in [0.1, 0.15) is 33.4 Å². The van der Waals surface area contributed by atoms with Crippen LogP contribution in [-0.4, -0.2) is 28.7 Å². The van der Waals surface area contributed by atoms with E-state index < -0.39 is 0 Å². The summed E-state index contributed by atoms with van der Waals surface area (Å²) in [4.78, 5) is 17.4. The van der Waals surface area contributed by atoms with Crippen molar-refractivity contribution in [1.29, 1.82) is 0 Å². The first-order chi connectivity index (χ1) is 43.6. The second-order valence-corrected chi connectivity index (χ2v) is 24.2. The van der Waals surface area contributed by atoms with Gasteiger partial charge in [-0.2, -0.15) is 9.97 Å². The van der Waals surface area contributed by atoms with Gasteiger partial charge in [-0.1, -0.05) is 145 Å². The highest BCUT2D eigenvalue weighted by Crippen LogP contribution is 2.46. The molecule has 0 spiro atoms. The lowest BCUT2D eigenvalue weighted by Gasteiger charge is -2.17. The van der Waals surface area contributed by atoms with Gasteiger partial charge in [0.1, 0.15) is 22.3 Å². The molecule has 0 amide bonds. The summed E-state index contributed by atoms with van der Waals surface area (Å²) in [7, 11) is 0. The maximum Gasteiger partial charge on any atom is 0.238 e. The van der Waals surface area contributed by atoms with E-state index in [9.17, 15) is 0 Å². The monoisotopic (exact) mass is 1140 g/mol. The van der Waals surface area contributed by atoms with Crippen molar-refractivity contribution in [2.45, 2.75) is 41.5 Å². The average Bonchev–Trinajstić information content (AvgIpc) is 1.72. The number of furan rings is 2. The van der Waals surface area contributed by atoms with Crippen molar-refractivity contribution in [3.8, 4) is 62.4 Å². The first-order valence-electron chi connectivity index (χ1n) is 30.5. The van der Waals surface area contributed by atoms with Gasteiger partial charge >= 0.3 is 0 Å². The molecule has 12 aromatic carbocycles. The van der Waals surface area contributed by atoms with Crippen molar-refractivity contribution in [2.75, 3.05) is 0 Å². The zero-order valence-electron chi connectivity index (χ0n) is 49.9. The van der Waals surface area contributed by atoms with E-state index in [1.165, 1.54) is 44.5 Å². The van der Waals surface area contributed by atoms with Crippen LogP contribution >= 0.6 is 0 Å². The summed E-state index contributed by atoms with van der Waals surface area (Å²) in [5.74, 6) is 1.54. The third-order valence-corrected chi connectivity index (χ3v) is 18.6. The second-order valence-electron chi connectivity index (χ2n) is 24.2. The highest BCUT2D eigenvalue weighted by Gasteiger charge is 2.27. The number of nitrogens with zero attached hydrogens (tertiary/aromatic N) is 6. The van der Waals surface area contributed by atoms with Gasteiger partial charge in [-0.05, 0) is 183 Å². The second kappa shape index (κ2) is 19.1. The number of rotatable bonds is 7. The topological polar surface area (TPSA) is 79.7 Å². The summed E-state index contributed by atoms with van der Waals surface area (Å²) in [5, 5.41) is 11.0. The fraction of sp³-hybridized carbons (Fsp3) is 0.0741. The number of para-hydroxylation sites is 6. The van der Waals surface area contributed by atoms with Gasteiger partial charge in [-0.3, -0.25) is 4.57 Å². The normalized spacial score (nSPS) is 12.2. The van der Waals surface area contributed by atoms with Gasteiger partial charge in [0.25, 0.3) is 0 Å². The highest BCUT2D eigenvalue weighted by atomic mass is 16.3. The lowest BCUT2D eigenvalue weighted by atomic mass is 9.91. The Bertz CT molecular complexity index is 5670. The summed E-state index contributed by atoms with van der Waals surface area (Å²) in [5.41, 5.74) is 25.4. The van der Waals surface area contributed by atoms with Crippen LogP contribution in [0.4, 0.5) is 0 Å². The fourth-order valence-corrected chi connectivity index (χ4v) is 15.3. The highest BCUT2D eigenvalue weighted by molar-refractivity contribution is 6.26. The van der Waals surface area contributed by atoms with Crippen LogP contribution in [0.3, 0.4) is 0 Å². The Labute approximate surface area is 511 Å². The molecule has 0 N–H and O–H groups in total. The average molecular weight is 1150 g/mol. The molecule has 0 saturated heterocycles. The number of aromatic nitrogens is 6. The van der Waals surface area contributed by atoms with E-state index in [2.05, 4.69) is 274 Å². The molecule has 422 valence electrons. The van der Waals surface area contributed by atoms with Gasteiger partial charge in [0, 0.05) is 54.2 Å². The molecule has 8 heteroatoms. The Morgan fingerprint density at radius 3 is 1.12 bits per heavy atom. The molecule has 0 fully saturated rings. The smallest absolute Gasteiger partial charge is 0.238 e. The van der Waals surface area contributed by atoms with Gasteiger partial charge < -0.3 is 18.0 Å². The summed E-state index contributed by atoms with van der Waals surface area (Å²) >= 11 is 0. The third kappa shape index (κ3) is 7.50. The van der Waals surface area contributed by atoms with Gasteiger partial charge in [-0.15, -0.1) is 0 Å². The quantitative estimate of drug-likeness (QED) is 0.159. The first kappa shape index (κ1) is 50.9. The molecule has 18 rings (SSSR count). The molecule has 6 heterocycles. The van der Waals surface area contributed by atoms with E-state index in [0.29, 0.717) is 17.6 Å². The van der Waals surface area contributed by atoms with Crippen molar-refractivity contribution < 1.29 is 8.83 Å². The minimum Gasteiger partial charge on any atom is -0.456 e. The van der Waals surface area contributed by atoms with Crippen molar-refractivity contribution in [2.24, 2.45) is 0 Å². The molecule has 0 radical (unpaired) electrons. The minimum absolute atomic E-state index is 0.497. The summed E-state index contributed by atoms with van der Waals surface area (Å²) in [6.07, 6.45) is 0. The summed E-state index contributed by atoms with van der Waals surface area (Å²) in [6.45, 7) is 13.3. The van der Waals surface area contributed by atoms with E-state index in [0.717, 1.165) is 143 Å².